The summed E-state index contributed by atoms with van der Waals surface area (Å²) in [6, 6.07) is 13.3. The van der Waals surface area contributed by atoms with Crippen LogP contribution in [-0.2, 0) is 14.1 Å². The first-order chi connectivity index (χ1) is 14.3. The lowest BCUT2D eigenvalue weighted by atomic mass is 10.1. The molecule has 2 heterocycles. The quantitative estimate of drug-likeness (QED) is 0.527. The summed E-state index contributed by atoms with van der Waals surface area (Å²) in [5.41, 5.74) is 3.74. The fraction of sp³-hybridized carbons (Fsp3) is 0.0952. The van der Waals surface area contributed by atoms with E-state index in [0.717, 1.165) is 4.57 Å². The molecule has 0 aliphatic heterocycles. The Labute approximate surface area is 180 Å². The number of hydrogen-bond donors (Lipinski definition) is 1. The van der Waals surface area contributed by atoms with Gasteiger partial charge < -0.3 is 0 Å². The molecular formula is C21H16Cl2N4O3. The minimum atomic E-state index is -0.462. The third-order valence-corrected chi connectivity index (χ3v) is 5.39. The molecule has 0 aliphatic rings. The second-order valence-electron chi connectivity index (χ2n) is 6.77. The molecule has 0 unspecified atom stereocenters. The highest BCUT2D eigenvalue weighted by atomic mass is 35.5. The Morgan fingerprint density at radius 1 is 0.867 bits per heavy atom. The number of hydrogen-bond acceptors (Lipinski definition) is 3. The molecule has 7 nitrogen and oxygen atoms in total. The zero-order chi connectivity index (χ0) is 21.6. The summed E-state index contributed by atoms with van der Waals surface area (Å²) >= 11 is 11.9. The minimum Gasteiger partial charge on any atom is -0.295 e. The molecule has 0 atom stereocenters. The summed E-state index contributed by atoms with van der Waals surface area (Å²) in [5.74, 6) is -0.399. The Bertz CT molecular complexity index is 1400. The lowest BCUT2D eigenvalue weighted by molar-refractivity contribution is 0.101. The fourth-order valence-corrected chi connectivity index (χ4v) is 3.55. The lowest BCUT2D eigenvalue weighted by Crippen LogP contribution is -2.36. The molecule has 1 N–H and O–H groups in total. The second kappa shape index (κ2) is 7.51. The number of carbonyl (C=O) groups is 1. The molecule has 0 bridgehead atoms. The van der Waals surface area contributed by atoms with E-state index in [4.69, 9.17) is 23.2 Å². The standard InChI is InChI=1S/C21H16Cl2N4O3/c1-25-16-11-27(24-19(28)13-5-9-15(23)10-6-13)18(12-3-7-14(22)8-4-12)17(16)20(29)26(2)21(25)30/h3-11H,1-2H3,(H,24,28). The summed E-state index contributed by atoms with van der Waals surface area (Å²) in [4.78, 5) is 38.1. The first-order valence-electron chi connectivity index (χ1n) is 8.92. The highest BCUT2D eigenvalue weighted by molar-refractivity contribution is 6.31. The number of fused-ring (bicyclic) bond motifs is 1. The summed E-state index contributed by atoms with van der Waals surface area (Å²) in [6.07, 6.45) is 1.55. The number of halogens is 2. The third-order valence-electron chi connectivity index (χ3n) is 4.89. The fourth-order valence-electron chi connectivity index (χ4n) is 3.30. The highest BCUT2D eigenvalue weighted by Gasteiger charge is 2.20. The highest BCUT2D eigenvalue weighted by Crippen LogP contribution is 2.28. The van der Waals surface area contributed by atoms with Gasteiger partial charge in [-0.3, -0.25) is 28.8 Å². The molecule has 0 spiro atoms. The molecule has 0 saturated heterocycles. The Morgan fingerprint density at radius 2 is 1.43 bits per heavy atom. The van der Waals surface area contributed by atoms with Gasteiger partial charge in [-0.2, -0.15) is 0 Å². The first-order valence-corrected chi connectivity index (χ1v) is 9.67. The number of nitrogens with zero attached hydrogens (tertiary/aromatic N) is 3. The maximum atomic E-state index is 13.0. The number of aromatic nitrogens is 3. The predicted molar refractivity (Wildman–Crippen MR) is 118 cm³/mol. The number of nitrogens with one attached hydrogen (secondary N) is 1. The van der Waals surface area contributed by atoms with Crippen LogP contribution in [0, 0.1) is 0 Å². The molecule has 152 valence electrons. The van der Waals surface area contributed by atoms with E-state index < -0.39 is 17.2 Å². The van der Waals surface area contributed by atoms with Crippen molar-refractivity contribution in [2.24, 2.45) is 14.1 Å². The molecule has 0 aliphatic carbocycles. The molecule has 2 aromatic carbocycles. The van der Waals surface area contributed by atoms with Crippen molar-refractivity contribution in [3.63, 3.8) is 0 Å². The topological polar surface area (TPSA) is 78.0 Å². The molecule has 30 heavy (non-hydrogen) atoms. The van der Waals surface area contributed by atoms with Gasteiger partial charge in [0.05, 0.1) is 22.8 Å². The van der Waals surface area contributed by atoms with Crippen LogP contribution in [0.5, 0.6) is 0 Å². The molecule has 0 saturated carbocycles. The SMILES string of the molecule is Cn1c(=O)c2c(-c3ccc(Cl)cc3)n(NC(=O)c3ccc(Cl)cc3)cc2n(C)c1=O. The first kappa shape index (κ1) is 20.0. The van der Waals surface area contributed by atoms with E-state index in [9.17, 15) is 14.4 Å². The van der Waals surface area contributed by atoms with Crippen LogP contribution in [0.2, 0.25) is 10.0 Å². The third kappa shape index (κ3) is 3.32. The van der Waals surface area contributed by atoms with Crippen LogP contribution in [0.15, 0.2) is 64.3 Å². The second-order valence-corrected chi connectivity index (χ2v) is 7.64. The monoisotopic (exact) mass is 442 g/mol. The molecule has 0 radical (unpaired) electrons. The number of benzene rings is 2. The van der Waals surface area contributed by atoms with Crippen LogP contribution >= 0.6 is 23.2 Å². The average Bonchev–Trinajstić information content (AvgIpc) is 3.11. The molecular weight excluding hydrogens is 427 g/mol. The van der Waals surface area contributed by atoms with Crippen LogP contribution in [0.3, 0.4) is 0 Å². The van der Waals surface area contributed by atoms with Gasteiger partial charge in [0.15, 0.2) is 0 Å². The van der Waals surface area contributed by atoms with Crippen LogP contribution in [0.25, 0.3) is 22.2 Å². The Balaban J connectivity index is 1.96. The Kier molecular flexibility index (Phi) is 5.01. The summed E-state index contributed by atoms with van der Waals surface area (Å²) in [6.45, 7) is 0. The number of rotatable bonds is 3. The van der Waals surface area contributed by atoms with Gasteiger partial charge in [0, 0.05) is 35.3 Å². The zero-order valence-electron chi connectivity index (χ0n) is 16.0. The maximum Gasteiger partial charge on any atom is 0.330 e. The van der Waals surface area contributed by atoms with Crippen molar-refractivity contribution in [1.82, 2.24) is 13.8 Å². The molecule has 0 fully saturated rings. The van der Waals surface area contributed by atoms with Crippen molar-refractivity contribution in [2.45, 2.75) is 0 Å². The Morgan fingerprint density at radius 3 is 2.03 bits per heavy atom. The van der Waals surface area contributed by atoms with Crippen molar-refractivity contribution in [2.75, 3.05) is 5.43 Å². The van der Waals surface area contributed by atoms with Crippen molar-refractivity contribution >= 4 is 40.0 Å². The van der Waals surface area contributed by atoms with E-state index in [1.165, 1.54) is 16.3 Å². The van der Waals surface area contributed by atoms with Gasteiger partial charge in [-0.05, 0) is 36.4 Å². The number of aryl methyl sites for hydroxylation is 1. The Hall–Kier alpha value is -3.29. The lowest BCUT2D eigenvalue weighted by Gasteiger charge is -2.12. The molecule has 4 aromatic rings. The van der Waals surface area contributed by atoms with Crippen molar-refractivity contribution < 1.29 is 4.79 Å². The van der Waals surface area contributed by atoms with E-state index in [0.29, 0.717) is 37.8 Å². The molecule has 1 amide bonds. The minimum absolute atomic E-state index is 0.304. The smallest absolute Gasteiger partial charge is 0.295 e. The predicted octanol–water partition coefficient (Wildman–Crippen LogP) is 3.40. The van der Waals surface area contributed by atoms with E-state index >= 15 is 0 Å². The van der Waals surface area contributed by atoms with E-state index in [-0.39, 0.29) is 0 Å². The van der Waals surface area contributed by atoms with Gasteiger partial charge in [0.1, 0.15) is 0 Å². The van der Waals surface area contributed by atoms with Crippen LogP contribution in [-0.4, -0.2) is 19.7 Å². The van der Waals surface area contributed by atoms with Gasteiger partial charge in [-0.25, -0.2) is 4.79 Å². The van der Waals surface area contributed by atoms with E-state index in [1.54, 1.807) is 61.8 Å². The van der Waals surface area contributed by atoms with Crippen molar-refractivity contribution in [3.05, 3.63) is 91.2 Å². The zero-order valence-corrected chi connectivity index (χ0v) is 17.5. The average molecular weight is 443 g/mol. The summed E-state index contributed by atoms with van der Waals surface area (Å²) in [7, 11) is 2.99. The summed E-state index contributed by atoms with van der Waals surface area (Å²) < 4.78 is 3.85. The van der Waals surface area contributed by atoms with Gasteiger partial charge >= 0.3 is 5.69 Å². The van der Waals surface area contributed by atoms with Gasteiger partial charge in [-0.15, -0.1) is 0 Å². The van der Waals surface area contributed by atoms with Crippen LogP contribution in [0.4, 0.5) is 0 Å². The molecule has 2 aromatic heterocycles. The number of amides is 1. The van der Waals surface area contributed by atoms with E-state index in [2.05, 4.69) is 5.43 Å². The van der Waals surface area contributed by atoms with Crippen molar-refractivity contribution in [1.29, 1.82) is 0 Å². The normalized spacial score (nSPS) is 11.1. The largest absolute Gasteiger partial charge is 0.330 e. The molecule has 9 heteroatoms. The molecule has 4 rings (SSSR count). The van der Waals surface area contributed by atoms with Crippen LogP contribution in [0.1, 0.15) is 10.4 Å². The number of carbonyl (C=O) groups excluding carboxylic acids is 1. The van der Waals surface area contributed by atoms with E-state index in [1.807, 2.05) is 0 Å². The maximum absolute atomic E-state index is 13.0. The van der Waals surface area contributed by atoms with Gasteiger partial charge in [-0.1, -0.05) is 35.3 Å². The van der Waals surface area contributed by atoms with Gasteiger partial charge in [0.2, 0.25) is 0 Å². The van der Waals surface area contributed by atoms with Gasteiger partial charge in [0.25, 0.3) is 11.5 Å². The van der Waals surface area contributed by atoms with Crippen molar-refractivity contribution in [3.8, 4) is 11.3 Å². The summed E-state index contributed by atoms with van der Waals surface area (Å²) in [5, 5.41) is 1.35. The van der Waals surface area contributed by atoms with Crippen LogP contribution < -0.4 is 16.7 Å².